The van der Waals surface area contributed by atoms with E-state index in [1.807, 2.05) is 13.8 Å². The van der Waals surface area contributed by atoms with Gasteiger partial charge in [-0.05, 0) is 12.8 Å². The Morgan fingerprint density at radius 2 is 1.79 bits per heavy atom. The van der Waals surface area contributed by atoms with Crippen LogP contribution in [0.1, 0.15) is 26.7 Å². The highest BCUT2D eigenvalue weighted by Gasteiger charge is 2.33. The van der Waals surface area contributed by atoms with E-state index in [1.54, 1.807) is 0 Å². The van der Waals surface area contributed by atoms with Gasteiger partial charge in [-0.1, -0.05) is 48.7 Å². The molecule has 1 amide bonds. The molecule has 0 aliphatic rings. The number of amides is 1. The molecule has 14 heavy (non-hydrogen) atoms. The molecule has 0 aromatic heterocycles. The first-order valence-corrected chi connectivity index (χ1v) is 5.51. The molecule has 84 valence electrons. The lowest BCUT2D eigenvalue weighted by Crippen LogP contribution is -2.45. The minimum Gasteiger partial charge on any atom is -0.369 e. The SMILES string of the molecule is CCC(CC)C(=O)NC(O)C(Cl)(Cl)Cl. The first kappa shape index (κ1) is 14.3. The van der Waals surface area contributed by atoms with E-state index in [9.17, 15) is 9.90 Å². The zero-order chi connectivity index (χ0) is 11.4. The summed E-state index contributed by atoms with van der Waals surface area (Å²) >= 11 is 16.2. The number of alkyl halides is 3. The van der Waals surface area contributed by atoms with Gasteiger partial charge in [0.25, 0.3) is 0 Å². The van der Waals surface area contributed by atoms with Crippen molar-refractivity contribution in [2.75, 3.05) is 0 Å². The van der Waals surface area contributed by atoms with E-state index in [0.717, 1.165) is 0 Å². The molecule has 0 saturated heterocycles. The predicted octanol–water partition coefficient (Wildman–Crippen LogP) is 2.23. The average Bonchev–Trinajstić information content (AvgIpc) is 2.04. The molecule has 3 nitrogen and oxygen atoms in total. The highest BCUT2D eigenvalue weighted by atomic mass is 35.6. The van der Waals surface area contributed by atoms with E-state index in [1.165, 1.54) is 0 Å². The molecule has 0 spiro atoms. The Morgan fingerprint density at radius 1 is 1.36 bits per heavy atom. The zero-order valence-corrected chi connectivity index (χ0v) is 10.3. The van der Waals surface area contributed by atoms with E-state index in [0.29, 0.717) is 12.8 Å². The number of hydrogen-bond donors (Lipinski definition) is 2. The molecule has 0 radical (unpaired) electrons. The van der Waals surface area contributed by atoms with Gasteiger partial charge in [-0.2, -0.15) is 0 Å². The molecule has 0 saturated carbocycles. The first-order chi connectivity index (χ1) is 6.32. The van der Waals surface area contributed by atoms with Crippen LogP contribution in [-0.2, 0) is 4.79 Å². The molecule has 0 aromatic carbocycles. The molecule has 0 fully saturated rings. The summed E-state index contributed by atoms with van der Waals surface area (Å²) in [6.45, 7) is 3.77. The maximum atomic E-state index is 11.4. The Hall–Kier alpha value is 0.300. The molecule has 0 heterocycles. The monoisotopic (exact) mass is 261 g/mol. The standard InChI is InChI=1S/C8H14Cl3NO2/c1-3-5(4-2)6(13)12-7(14)8(9,10)11/h5,7,14H,3-4H2,1-2H3,(H,12,13). The van der Waals surface area contributed by atoms with E-state index in [4.69, 9.17) is 34.8 Å². The minimum absolute atomic E-state index is 0.156. The van der Waals surface area contributed by atoms with Gasteiger partial charge in [0, 0.05) is 5.92 Å². The Bertz CT molecular complexity index is 190. The number of hydrogen-bond acceptors (Lipinski definition) is 2. The highest BCUT2D eigenvalue weighted by Crippen LogP contribution is 2.29. The molecule has 0 aliphatic heterocycles. The Balaban J connectivity index is 4.18. The van der Waals surface area contributed by atoms with Crippen LogP contribution in [0, 0.1) is 5.92 Å². The molecule has 0 bridgehead atoms. The number of nitrogens with one attached hydrogen (secondary N) is 1. The van der Waals surface area contributed by atoms with Crippen molar-refractivity contribution >= 4 is 40.7 Å². The fourth-order valence-electron chi connectivity index (χ4n) is 0.994. The van der Waals surface area contributed by atoms with Gasteiger partial charge in [0.15, 0.2) is 6.23 Å². The van der Waals surface area contributed by atoms with Gasteiger partial charge in [-0.25, -0.2) is 0 Å². The fraction of sp³-hybridized carbons (Fsp3) is 0.875. The van der Waals surface area contributed by atoms with Crippen molar-refractivity contribution in [1.82, 2.24) is 5.32 Å². The van der Waals surface area contributed by atoms with Crippen LogP contribution in [0.5, 0.6) is 0 Å². The van der Waals surface area contributed by atoms with Crippen molar-refractivity contribution in [3.8, 4) is 0 Å². The first-order valence-electron chi connectivity index (χ1n) is 4.38. The van der Waals surface area contributed by atoms with Gasteiger partial charge in [0.1, 0.15) is 0 Å². The van der Waals surface area contributed by atoms with E-state index >= 15 is 0 Å². The summed E-state index contributed by atoms with van der Waals surface area (Å²) in [5.74, 6) is -0.453. The summed E-state index contributed by atoms with van der Waals surface area (Å²) in [6.07, 6.45) is -0.0929. The summed E-state index contributed by atoms with van der Waals surface area (Å²) in [4.78, 5) is 11.4. The van der Waals surface area contributed by atoms with Crippen molar-refractivity contribution in [1.29, 1.82) is 0 Å². The number of carbonyl (C=O) groups is 1. The Kier molecular flexibility index (Phi) is 6.14. The largest absolute Gasteiger partial charge is 0.369 e. The summed E-state index contributed by atoms with van der Waals surface area (Å²) < 4.78 is -1.89. The van der Waals surface area contributed by atoms with Gasteiger partial charge >= 0.3 is 0 Å². The van der Waals surface area contributed by atoms with Gasteiger partial charge in [-0.3, -0.25) is 4.79 Å². The molecule has 1 unspecified atom stereocenters. The third kappa shape index (κ3) is 4.69. The van der Waals surface area contributed by atoms with Crippen LogP contribution in [0.4, 0.5) is 0 Å². The van der Waals surface area contributed by atoms with Gasteiger partial charge in [0.2, 0.25) is 9.70 Å². The van der Waals surface area contributed by atoms with E-state index in [-0.39, 0.29) is 11.8 Å². The minimum atomic E-state index is -1.89. The molecular weight excluding hydrogens is 248 g/mol. The summed E-state index contributed by atoms with van der Waals surface area (Å²) in [6, 6.07) is 0. The third-order valence-electron chi connectivity index (χ3n) is 1.95. The van der Waals surface area contributed by atoms with Crippen molar-refractivity contribution < 1.29 is 9.90 Å². The second kappa shape index (κ2) is 6.01. The van der Waals surface area contributed by atoms with Crippen molar-refractivity contribution in [2.45, 2.75) is 36.7 Å². The zero-order valence-electron chi connectivity index (χ0n) is 8.06. The second-order valence-electron chi connectivity index (χ2n) is 2.97. The maximum absolute atomic E-state index is 11.4. The van der Waals surface area contributed by atoms with Crippen LogP contribution in [0.3, 0.4) is 0 Å². The number of rotatable bonds is 4. The Morgan fingerprint density at radius 3 is 2.07 bits per heavy atom. The second-order valence-corrected chi connectivity index (χ2v) is 5.34. The van der Waals surface area contributed by atoms with Crippen LogP contribution < -0.4 is 5.32 Å². The normalized spacial score (nSPS) is 14.2. The molecule has 0 rings (SSSR count). The highest BCUT2D eigenvalue weighted by molar-refractivity contribution is 6.68. The molecule has 6 heteroatoms. The molecular formula is C8H14Cl3NO2. The van der Waals surface area contributed by atoms with Gasteiger partial charge < -0.3 is 10.4 Å². The van der Waals surface area contributed by atoms with E-state index in [2.05, 4.69) is 5.32 Å². The van der Waals surface area contributed by atoms with Crippen LogP contribution in [-0.4, -0.2) is 21.0 Å². The predicted molar refractivity (Wildman–Crippen MR) is 58.5 cm³/mol. The number of halogens is 3. The number of aliphatic hydroxyl groups is 1. The van der Waals surface area contributed by atoms with Crippen LogP contribution in [0.15, 0.2) is 0 Å². The Labute approximate surface area is 98.7 Å². The molecule has 2 N–H and O–H groups in total. The fourth-order valence-corrected chi connectivity index (χ4v) is 1.16. The van der Waals surface area contributed by atoms with Crippen molar-refractivity contribution in [3.63, 3.8) is 0 Å². The van der Waals surface area contributed by atoms with Crippen molar-refractivity contribution in [2.24, 2.45) is 5.92 Å². The van der Waals surface area contributed by atoms with Crippen LogP contribution in [0.2, 0.25) is 0 Å². The quantitative estimate of drug-likeness (QED) is 0.603. The molecule has 0 aromatic rings. The number of aliphatic hydroxyl groups excluding tert-OH is 1. The van der Waals surface area contributed by atoms with Crippen LogP contribution >= 0.6 is 34.8 Å². The maximum Gasteiger partial charge on any atom is 0.234 e. The lowest BCUT2D eigenvalue weighted by Gasteiger charge is -2.22. The average molecular weight is 263 g/mol. The van der Waals surface area contributed by atoms with Gasteiger partial charge in [-0.15, -0.1) is 0 Å². The molecule has 1 atom stereocenters. The lowest BCUT2D eigenvalue weighted by molar-refractivity contribution is -0.128. The van der Waals surface area contributed by atoms with Crippen LogP contribution in [0.25, 0.3) is 0 Å². The van der Waals surface area contributed by atoms with Gasteiger partial charge in [0.05, 0.1) is 0 Å². The third-order valence-corrected chi connectivity index (χ3v) is 2.57. The number of carbonyl (C=O) groups excluding carboxylic acids is 1. The van der Waals surface area contributed by atoms with E-state index < -0.39 is 10.0 Å². The summed E-state index contributed by atoms with van der Waals surface area (Å²) in [5.41, 5.74) is 0. The summed E-state index contributed by atoms with van der Waals surface area (Å²) in [5, 5.41) is 11.5. The molecule has 0 aliphatic carbocycles. The topological polar surface area (TPSA) is 49.3 Å². The smallest absolute Gasteiger partial charge is 0.234 e. The van der Waals surface area contributed by atoms with Crippen molar-refractivity contribution in [3.05, 3.63) is 0 Å². The lowest BCUT2D eigenvalue weighted by atomic mass is 10.0. The summed E-state index contributed by atoms with van der Waals surface area (Å²) in [7, 11) is 0.